The summed E-state index contributed by atoms with van der Waals surface area (Å²) in [6.07, 6.45) is 0.0757. The molecule has 0 aliphatic carbocycles. The van der Waals surface area contributed by atoms with Gasteiger partial charge in [-0.3, -0.25) is 9.59 Å². The number of rotatable bonds is 3. The van der Waals surface area contributed by atoms with Crippen LogP contribution < -0.4 is 15.8 Å². The summed E-state index contributed by atoms with van der Waals surface area (Å²) >= 11 is 0. The van der Waals surface area contributed by atoms with Gasteiger partial charge >= 0.3 is 0 Å². The van der Waals surface area contributed by atoms with Gasteiger partial charge in [-0.1, -0.05) is 0 Å². The first kappa shape index (κ1) is 13.5. The highest BCUT2D eigenvalue weighted by Gasteiger charge is 2.33. The van der Waals surface area contributed by atoms with E-state index in [0.29, 0.717) is 5.69 Å². The third kappa shape index (κ3) is 2.74. The first-order valence-electron chi connectivity index (χ1n) is 5.51. The molecule has 1 atom stereocenters. The van der Waals surface area contributed by atoms with Crippen LogP contribution in [0.5, 0.6) is 0 Å². The fraction of sp³-hybridized carbons (Fsp3) is 0.273. The van der Waals surface area contributed by atoms with Crippen LogP contribution in [0.4, 0.5) is 5.69 Å². The van der Waals surface area contributed by atoms with E-state index in [1.54, 1.807) is 0 Å². The van der Waals surface area contributed by atoms with E-state index in [9.17, 15) is 18.0 Å². The minimum atomic E-state index is -3.76. The summed E-state index contributed by atoms with van der Waals surface area (Å²) in [4.78, 5) is 24.2. The number of hydrogen-bond donors (Lipinski definition) is 2. The Labute approximate surface area is 110 Å². The molecule has 1 fully saturated rings. The number of hydrogen-bond acceptors (Lipinski definition) is 4. The standard InChI is InChI=1S/C11H13N3O4S/c12-11(16)7-5-10(15)14(6-7)8-1-3-9(4-2-8)19(13,17)18/h1-4,7H,5-6H2,(H2,12,16)(H2,13,17,18). The summed E-state index contributed by atoms with van der Waals surface area (Å²) in [5.74, 6) is -1.24. The van der Waals surface area contributed by atoms with E-state index in [2.05, 4.69) is 0 Å². The molecule has 0 aromatic heterocycles. The zero-order chi connectivity index (χ0) is 14.2. The molecule has 0 radical (unpaired) electrons. The Morgan fingerprint density at radius 2 is 1.84 bits per heavy atom. The van der Waals surface area contributed by atoms with E-state index in [1.807, 2.05) is 0 Å². The second-order valence-electron chi connectivity index (χ2n) is 4.35. The van der Waals surface area contributed by atoms with Crippen molar-refractivity contribution in [1.29, 1.82) is 0 Å². The van der Waals surface area contributed by atoms with Crippen LogP contribution in [-0.4, -0.2) is 26.8 Å². The van der Waals surface area contributed by atoms with Gasteiger partial charge in [0.05, 0.1) is 10.8 Å². The predicted octanol–water partition coefficient (Wildman–Crippen LogP) is -0.828. The molecule has 1 aromatic rings. The van der Waals surface area contributed by atoms with Crippen LogP contribution in [0, 0.1) is 5.92 Å². The molecular formula is C11H13N3O4S. The molecule has 4 N–H and O–H groups in total. The molecule has 7 nitrogen and oxygen atoms in total. The smallest absolute Gasteiger partial charge is 0.238 e. The highest BCUT2D eigenvalue weighted by molar-refractivity contribution is 7.89. The largest absolute Gasteiger partial charge is 0.369 e. The second-order valence-corrected chi connectivity index (χ2v) is 5.91. The minimum absolute atomic E-state index is 0.0330. The lowest BCUT2D eigenvalue weighted by Crippen LogP contribution is -2.28. The molecule has 0 spiro atoms. The highest BCUT2D eigenvalue weighted by Crippen LogP contribution is 2.25. The maximum absolute atomic E-state index is 11.7. The lowest BCUT2D eigenvalue weighted by Gasteiger charge is -2.16. The van der Waals surface area contributed by atoms with Crippen LogP contribution in [0.1, 0.15) is 6.42 Å². The Morgan fingerprint density at radius 3 is 2.26 bits per heavy atom. The van der Waals surface area contributed by atoms with Gasteiger partial charge in [0.25, 0.3) is 0 Å². The van der Waals surface area contributed by atoms with Gasteiger partial charge < -0.3 is 10.6 Å². The Hall–Kier alpha value is -1.93. The van der Waals surface area contributed by atoms with E-state index >= 15 is 0 Å². The molecule has 1 aliphatic rings. The van der Waals surface area contributed by atoms with E-state index in [4.69, 9.17) is 10.9 Å². The van der Waals surface area contributed by atoms with Gasteiger partial charge in [-0.25, -0.2) is 13.6 Å². The number of carbonyl (C=O) groups is 2. The summed E-state index contributed by atoms with van der Waals surface area (Å²) in [5.41, 5.74) is 5.68. The van der Waals surface area contributed by atoms with Crippen molar-refractivity contribution in [1.82, 2.24) is 0 Å². The summed E-state index contributed by atoms with van der Waals surface area (Å²) < 4.78 is 22.2. The van der Waals surface area contributed by atoms with Crippen molar-refractivity contribution in [3.8, 4) is 0 Å². The third-order valence-electron chi connectivity index (χ3n) is 3.00. The molecule has 2 amide bonds. The number of amides is 2. The molecule has 1 heterocycles. The SMILES string of the molecule is NC(=O)C1CC(=O)N(c2ccc(S(N)(=O)=O)cc2)C1. The number of benzene rings is 1. The first-order valence-corrected chi connectivity index (χ1v) is 7.06. The van der Waals surface area contributed by atoms with E-state index in [0.717, 1.165) is 0 Å². The molecule has 0 saturated carbocycles. The monoisotopic (exact) mass is 283 g/mol. The number of carbonyl (C=O) groups excluding carboxylic acids is 2. The van der Waals surface area contributed by atoms with Gasteiger partial charge in [0, 0.05) is 18.7 Å². The van der Waals surface area contributed by atoms with Gasteiger partial charge in [0.1, 0.15) is 0 Å². The Kier molecular flexibility index (Phi) is 3.29. The van der Waals surface area contributed by atoms with Crippen molar-refractivity contribution < 1.29 is 18.0 Å². The topological polar surface area (TPSA) is 124 Å². The number of nitrogens with two attached hydrogens (primary N) is 2. The van der Waals surface area contributed by atoms with Crippen LogP contribution in [0.3, 0.4) is 0 Å². The normalized spacial score (nSPS) is 19.7. The van der Waals surface area contributed by atoms with E-state index < -0.39 is 21.8 Å². The van der Waals surface area contributed by atoms with Crippen molar-refractivity contribution in [2.45, 2.75) is 11.3 Å². The number of primary amides is 1. The van der Waals surface area contributed by atoms with Gasteiger partial charge in [0.2, 0.25) is 21.8 Å². The maximum atomic E-state index is 11.7. The van der Waals surface area contributed by atoms with E-state index in [1.165, 1.54) is 29.2 Å². The second kappa shape index (κ2) is 4.63. The first-order chi connectivity index (χ1) is 8.79. The predicted molar refractivity (Wildman–Crippen MR) is 67.5 cm³/mol. The van der Waals surface area contributed by atoms with Crippen molar-refractivity contribution in [3.05, 3.63) is 24.3 Å². The molecule has 8 heteroatoms. The van der Waals surface area contributed by atoms with E-state index in [-0.39, 0.29) is 23.8 Å². The minimum Gasteiger partial charge on any atom is -0.369 e. The Bertz CT molecular complexity index is 624. The van der Waals surface area contributed by atoms with Crippen molar-refractivity contribution in [2.24, 2.45) is 16.8 Å². The van der Waals surface area contributed by atoms with Crippen LogP contribution in [-0.2, 0) is 19.6 Å². The number of primary sulfonamides is 1. The summed E-state index contributed by atoms with van der Waals surface area (Å²) in [5, 5.41) is 4.98. The summed E-state index contributed by atoms with van der Waals surface area (Å²) in [6, 6.07) is 5.58. The zero-order valence-corrected chi connectivity index (χ0v) is 10.8. The fourth-order valence-corrected chi connectivity index (χ4v) is 2.48. The number of nitrogens with zero attached hydrogens (tertiary/aromatic N) is 1. The lowest BCUT2D eigenvalue weighted by atomic mass is 10.1. The van der Waals surface area contributed by atoms with Crippen LogP contribution >= 0.6 is 0 Å². The number of anilines is 1. The van der Waals surface area contributed by atoms with Gasteiger partial charge in [0.15, 0.2) is 0 Å². The molecule has 102 valence electrons. The Balaban J connectivity index is 2.24. The number of sulfonamides is 1. The maximum Gasteiger partial charge on any atom is 0.238 e. The van der Waals surface area contributed by atoms with Gasteiger partial charge in [-0.05, 0) is 24.3 Å². The molecule has 1 aromatic carbocycles. The zero-order valence-electron chi connectivity index (χ0n) is 9.94. The highest BCUT2D eigenvalue weighted by atomic mass is 32.2. The van der Waals surface area contributed by atoms with Crippen LogP contribution in [0.2, 0.25) is 0 Å². The third-order valence-corrected chi connectivity index (χ3v) is 3.93. The summed E-state index contributed by atoms with van der Waals surface area (Å²) in [7, 11) is -3.76. The molecule has 1 saturated heterocycles. The molecule has 1 aliphatic heterocycles. The average molecular weight is 283 g/mol. The molecule has 19 heavy (non-hydrogen) atoms. The fourth-order valence-electron chi connectivity index (χ4n) is 1.96. The quantitative estimate of drug-likeness (QED) is 0.751. The molecule has 1 unspecified atom stereocenters. The Morgan fingerprint density at radius 1 is 1.26 bits per heavy atom. The van der Waals surface area contributed by atoms with Crippen molar-refractivity contribution in [2.75, 3.05) is 11.4 Å². The average Bonchev–Trinajstić information content (AvgIpc) is 2.70. The lowest BCUT2D eigenvalue weighted by molar-refractivity contribution is -0.123. The van der Waals surface area contributed by atoms with Crippen molar-refractivity contribution >= 4 is 27.5 Å². The van der Waals surface area contributed by atoms with Crippen LogP contribution in [0.15, 0.2) is 29.2 Å². The molecular weight excluding hydrogens is 270 g/mol. The van der Waals surface area contributed by atoms with Gasteiger partial charge in [-0.15, -0.1) is 0 Å². The molecule has 2 rings (SSSR count). The van der Waals surface area contributed by atoms with Crippen LogP contribution in [0.25, 0.3) is 0 Å². The van der Waals surface area contributed by atoms with Crippen molar-refractivity contribution in [3.63, 3.8) is 0 Å². The summed E-state index contributed by atoms with van der Waals surface area (Å²) in [6.45, 7) is 0.211. The van der Waals surface area contributed by atoms with Gasteiger partial charge in [-0.2, -0.15) is 0 Å². The molecule has 0 bridgehead atoms.